The van der Waals surface area contributed by atoms with Crippen molar-refractivity contribution in [1.29, 1.82) is 0 Å². The molecule has 0 aromatic carbocycles. The number of hydrogen-bond donors (Lipinski definition) is 2. The van der Waals surface area contributed by atoms with E-state index in [1.165, 1.54) is 12.4 Å². The largest absolute Gasteiger partial charge is 0.383 e. The summed E-state index contributed by atoms with van der Waals surface area (Å²) in [5, 5.41) is 0. The Labute approximate surface area is 104 Å². The number of nitrogens with one attached hydrogen (secondary N) is 1. The van der Waals surface area contributed by atoms with Gasteiger partial charge in [0.1, 0.15) is 12.1 Å². The Morgan fingerprint density at radius 3 is 3.06 bits per heavy atom. The summed E-state index contributed by atoms with van der Waals surface area (Å²) >= 11 is 0. The summed E-state index contributed by atoms with van der Waals surface area (Å²) < 4.78 is 0. The van der Waals surface area contributed by atoms with Crippen molar-refractivity contribution in [2.24, 2.45) is 4.99 Å². The summed E-state index contributed by atoms with van der Waals surface area (Å²) in [6.07, 6.45) is 4.64. The van der Waals surface area contributed by atoms with Gasteiger partial charge >= 0.3 is 0 Å². The van der Waals surface area contributed by atoms with Gasteiger partial charge in [0.05, 0.1) is 17.8 Å². The van der Waals surface area contributed by atoms with Gasteiger partial charge < -0.3 is 10.7 Å². The van der Waals surface area contributed by atoms with Gasteiger partial charge in [0.25, 0.3) is 0 Å². The molecule has 0 aliphatic rings. The summed E-state index contributed by atoms with van der Waals surface area (Å²) in [4.78, 5) is 25.8. The summed E-state index contributed by atoms with van der Waals surface area (Å²) in [5.41, 5.74) is 7.91. The molecule has 6 nitrogen and oxygen atoms in total. The number of nitrogens with two attached hydrogens (primary N) is 1. The summed E-state index contributed by atoms with van der Waals surface area (Å²) in [7, 11) is 0. The molecule has 0 bridgehead atoms. The molecule has 2 rings (SSSR count). The standard InChI is InChI=1S/C12H13N5O/c1-8-10(12(13)17-7-16-8)6-14-5-9-2-3-15-11(18)4-9/h2-4,6-7H,5H2,1H3,(H,15,18)(H2,13,16,17). The third-order valence-corrected chi connectivity index (χ3v) is 2.45. The molecule has 0 amide bonds. The second-order valence-electron chi connectivity index (χ2n) is 3.79. The zero-order valence-corrected chi connectivity index (χ0v) is 9.92. The van der Waals surface area contributed by atoms with Crippen LogP contribution in [0.15, 0.2) is 34.4 Å². The second-order valence-corrected chi connectivity index (χ2v) is 3.79. The highest BCUT2D eigenvalue weighted by atomic mass is 16.1. The smallest absolute Gasteiger partial charge is 0.248 e. The van der Waals surface area contributed by atoms with Crippen molar-refractivity contribution in [1.82, 2.24) is 15.0 Å². The first-order valence-electron chi connectivity index (χ1n) is 5.41. The van der Waals surface area contributed by atoms with Crippen molar-refractivity contribution in [2.75, 3.05) is 5.73 Å². The number of H-pyrrole nitrogens is 1. The molecule has 0 atom stereocenters. The Hall–Kier alpha value is -2.50. The fraction of sp³-hybridized carbons (Fsp3) is 0.167. The van der Waals surface area contributed by atoms with Crippen LogP contribution in [-0.4, -0.2) is 21.2 Å². The SMILES string of the molecule is Cc1ncnc(N)c1C=NCc1cc[nH]c(=O)c1. The minimum absolute atomic E-state index is 0.138. The molecule has 0 saturated carbocycles. The Kier molecular flexibility index (Phi) is 3.47. The van der Waals surface area contributed by atoms with Gasteiger partial charge in [0.2, 0.25) is 5.56 Å². The van der Waals surface area contributed by atoms with Crippen LogP contribution in [0.4, 0.5) is 5.82 Å². The van der Waals surface area contributed by atoms with Crippen LogP contribution in [0.2, 0.25) is 0 Å². The van der Waals surface area contributed by atoms with Gasteiger partial charge in [-0.05, 0) is 18.6 Å². The Bertz CT molecular complexity index is 612. The number of aliphatic imine (C=N–C) groups is 1. The van der Waals surface area contributed by atoms with Gasteiger partial charge in [-0.1, -0.05) is 0 Å². The molecule has 0 unspecified atom stereocenters. The third kappa shape index (κ3) is 2.79. The highest BCUT2D eigenvalue weighted by Gasteiger charge is 2.01. The number of nitrogen functional groups attached to an aromatic ring is 1. The normalized spacial score (nSPS) is 10.9. The van der Waals surface area contributed by atoms with Crippen molar-refractivity contribution in [3.63, 3.8) is 0 Å². The van der Waals surface area contributed by atoms with E-state index in [4.69, 9.17) is 5.73 Å². The third-order valence-electron chi connectivity index (χ3n) is 2.45. The van der Waals surface area contributed by atoms with E-state index in [2.05, 4.69) is 19.9 Å². The first kappa shape index (κ1) is 12.0. The Morgan fingerprint density at radius 2 is 2.33 bits per heavy atom. The number of aromatic nitrogens is 3. The van der Waals surface area contributed by atoms with Crippen LogP contribution in [0.25, 0.3) is 0 Å². The molecule has 2 heterocycles. The lowest BCUT2D eigenvalue weighted by atomic mass is 10.2. The maximum Gasteiger partial charge on any atom is 0.248 e. The van der Waals surface area contributed by atoms with Gasteiger partial charge in [0.15, 0.2) is 0 Å². The van der Waals surface area contributed by atoms with Gasteiger partial charge in [-0.15, -0.1) is 0 Å². The average Bonchev–Trinajstić information content (AvgIpc) is 2.33. The van der Waals surface area contributed by atoms with E-state index in [9.17, 15) is 4.79 Å². The van der Waals surface area contributed by atoms with E-state index < -0.39 is 0 Å². The number of aromatic amines is 1. The number of pyridine rings is 1. The molecule has 0 spiro atoms. The molecule has 0 aliphatic heterocycles. The quantitative estimate of drug-likeness (QED) is 0.774. The zero-order chi connectivity index (χ0) is 13.0. The zero-order valence-electron chi connectivity index (χ0n) is 9.92. The molecule has 6 heteroatoms. The average molecular weight is 243 g/mol. The first-order valence-corrected chi connectivity index (χ1v) is 5.41. The molecular weight excluding hydrogens is 230 g/mol. The summed E-state index contributed by atoms with van der Waals surface area (Å²) in [5.74, 6) is 0.400. The number of aryl methyl sites for hydroxylation is 1. The van der Waals surface area contributed by atoms with Gasteiger partial charge in [-0.25, -0.2) is 9.97 Å². The van der Waals surface area contributed by atoms with E-state index >= 15 is 0 Å². The Morgan fingerprint density at radius 1 is 1.50 bits per heavy atom. The highest BCUT2D eigenvalue weighted by molar-refractivity contribution is 5.86. The van der Waals surface area contributed by atoms with Crippen LogP contribution in [-0.2, 0) is 6.54 Å². The lowest BCUT2D eigenvalue weighted by Gasteiger charge is -2.01. The minimum Gasteiger partial charge on any atom is -0.383 e. The molecule has 0 saturated heterocycles. The maximum absolute atomic E-state index is 11.1. The molecule has 0 fully saturated rings. The van der Waals surface area contributed by atoms with Gasteiger partial charge in [-0.2, -0.15) is 0 Å². The molecule has 3 N–H and O–H groups in total. The summed E-state index contributed by atoms with van der Waals surface area (Å²) in [6, 6.07) is 3.31. The van der Waals surface area contributed by atoms with Crippen molar-refractivity contribution < 1.29 is 0 Å². The number of hydrogen-bond acceptors (Lipinski definition) is 5. The lowest BCUT2D eigenvalue weighted by molar-refractivity contribution is 1.04. The monoisotopic (exact) mass is 243 g/mol. The van der Waals surface area contributed by atoms with Gasteiger partial charge in [0, 0.05) is 18.5 Å². The van der Waals surface area contributed by atoms with Crippen LogP contribution >= 0.6 is 0 Å². The van der Waals surface area contributed by atoms with Crippen molar-refractivity contribution >= 4 is 12.0 Å². The van der Waals surface area contributed by atoms with E-state index in [1.54, 1.807) is 18.5 Å². The molecule has 92 valence electrons. The van der Waals surface area contributed by atoms with E-state index in [1.807, 2.05) is 6.92 Å². The number of anilines is 1. The van der Waals surface area contributed by atoms with Crippen molar-refractivity contribution in [3.05, 3.63) is 51.8 Å². The van der Waals surface area contributed by atoms with Crippen LogP contribution < -0.4 is 11.3 Å². The minimum atomic E-state index is -0.138. The van der Waals surface area contributed by atoms with E-state index in [0.29, 0.717) is 17.9 Å². The molecule has 0 aliphatic carbocycles. The topological polar surface area (TPSA) is 97.0 Å². The van der Waals surface area contributed by atoms with Crippen molar-refractivity contribution in [2.45, 2.75) is 13.5 Å². The molecule has 18 heavy (non-hydrogen) atoms. The predicted molar refractivity (Wildman–Crippen MR) is 69.5 cm³/mol. The van der Waals surface area contributed by atoms with Crippen LogP contribution in [0, 0.1) is 6.92 Å². The van der Waals surface area contributed by atoms with Crippen LogP contribution in [0.5, 0.6) is 0 Å². The number of rotatable bonds is 3. The molecule has 2 aromatic heterocycles. The maximum atomic E-state index is 11.1. The van der Waals surface area contributed by atoms with E-state index in [-0.39, 0.29) is 5.56 Å². The predicted octanol–water partition coefficient (Wildman–Crippen LogP) is 0.675. The van der Waals surface area contributed by atoms with Crippen LogP contribution in [0.3, 0.4) is 0 Å². The van der Waals surface area contributed by atoms with Gasteiger partial charge in [-0.3, -0.25) is 9.79 Å². The summed E-state index contributed by atoms with van der Waals surface area (Å²) in [6.45, 7) is 2.25. The highest BCUT2D eigenvalue weighted by Crippen LogP contribution is 2.08. The second kappa shape index (κ2) is 5.22. The van der Waals surface area contributed by atoms with E-state index in [0.717, 1.165) is 11.3 Å². The fourth-order valence-electron chi connectivity index (χ4n) is 1.49. The lowest BCUT2D eigenvalue weighted by Crippen LogP contribution is -2.04. The molecule has 2 aromatic rings. The molecular formula is C12H13N5O. The fourth-order valence-corrected chi connectivity index (χ4v) is 1.49. The Balaban J connectivity index is 2.15. The molecule has 0 radical (unpaired) electrons. The van der Waals surface area contributed by atoms with Crippen molar-refractivity contribution in [3.8, 4) is 0 Å². The first-order chi connectivity index (χ1) is 8.66. The van der Waals surface area contributed by atoms with Crippen LogP contribution in [0.1, 0.15) is 16.8 Å². The number of nitrogens with zero attached hydrogens (tertiary/aromatic N) is 3.